The molecular formula is C13H17BrO2. The Labute approximate surface area is 105 Å². The zero-order valence-electron chi connectivity index (χ0n) is 10.1. The van der Waals surface area contributed by atoms with Gasteiger partial charge in [0.15, 0.2) is 0 Å². The van der Waals surface area contributed by atoms with Gasteiger partial charge in [-0.1, -0.05) is 48.8 Å². The molecule has 0 aliphatic rings. The van der Waals surface area contributed by atoms with Crippen LogP contribution in [0.25, 0.3) is 0 Å². The van der Waals surface area contributed by atoms with Crippen molar-refractivity contribution in [2.45, 2.75) is 39.7 Å². The first-order valence-electron chi connectivity index (χ1n) is 5.23. The smallest absolute Gasteiger partial charge is 0.302 e. The molecule has 1 aromatic rings. The summed E-state index contributed by atoms with van der Waals surface area (Å²) in [7, 11) is 0. The van der Waals surface area contributed by atoms with Crippen molar-refractivity contribution in [1.82, 2.24) is 0 Å². The van der Waals surface area contributed by atoms with Gasteiger partial charge in [0, 0.05) is 17.0 Å². The lowest BCUT2D eigenvalue weighted by Crippen LogP contribution is -2.11. The highest BCUT2D eigenvalue weighted by atomic mass is 79.9. The Kier molecular flexibility index (Phi) is 4.14. The summed E-state index contributed by atoms with van der Waals surface area (Å²) in [6.07, 6.45) is 0. The van der Waals surface area contributed by atoms with E-state index in [2.05, 4.69) is 48.8 Å². The van der Waals surface area contributed by atoms with Crippen LogP contribution < -0.4 is 0 Å². The molecule has 0 aliphatic carbocycles. The van der Waals surface area contributed by atoms with Gasteiger partial charge in [-0.25, -0.2) is 0 Å². The number of esters is 1. The average molecular weight is 285 g/mol. The molecule has 88 valence electrons. The van der Waals surface area contributed by atoms with E-state index in [-0.39, 0.29) is 11.4 Å². The van der Waals surface area contributed by atoms with E-state index in [9.17, 15) is 4.79 Å². The predicted molar refractivity (Wildman–Crippen MR) is 68.3 cm³/mol. The van der Waals surface area contributed by atoms with Crippen molar-refractivity contribution in [1.29, 1.82) is 0 Å². The molecule has 0 amide bonds. The van der Waals surface area contributed by atoms with Crippen LogP contribution in [-0.4, -0.2) is 5.97 Å². The standard InChI is InChI=1S/C13H17BrO2/c1-9(15)16-8-10-5-6-11(7-12(10)14)13(2,3)4/h5-7H,8H2,1-4H3. The summed E-state index contributed by atoms with van der Waals surface area (Å²) < 4.78 is 5.95. The lowest BCUT2D eigenvalue weighted by Gasteiger charge is -2.20. The molecule has 2 nitrogen and oxygen atoms in total. The lowest BCUT2D eigenvalue weighted by molar-refractivity contribution is -0.142. The van der Waals surface area contributed by atoms with Crippen molar-refractivity contribution in [2.24, 2.45) is 0 Å². The molecule has 0 unspecified atom stereocenters. The largest absolute Gasteiger partial charge is 0.461 e. The SMILES string of the molecule is CC(=O)OCc1ccc(C(C)(C)C)cc1Br. The van der Waals surface area contributed by atoms with E-state index < -0.39 is 0 Å². The minimum Gasteiger partial charge on any atom is -0.461 e. The molecule has 0 heterocycles. The van der Waals surface area contributed by atoms with E-state index >= 15 is 0 Å². The monoisotopic (exact) mass is 284 g/mol. The number of rotatable bonds is 2. The first kappa shape index (κ1) is 13.2. The summed E-state index contributed by atoms with van der Waals surface area (Å²) in [5.41, 5.74) is 2.37. The highest BCUT2D eigenvalue weighted by Gasteiger charge is 2.14. The number of carbonyl (C=O) groups excluding carboxylic acids is 1. The molecule has 16 heavy (non-hydrogen) atoms. The number of halogens is 1. The van der Waals surface area contributed by atoms with Gasteiger partial charge in [0.05, 0.1) is 0 Å². The minimum atomic E-state index is -0.258. The maximum absolute atomic E-state index is 10.7. The number of carbonyl (C=O) groups is 1. The molecule has 1 rings (SSSR count). The zero-order valence-corrected chi connectivity index (χ0v) is 11.7. The zero-order chi connectivity index (χ0) is 12.3. The third-order valence-corrected chi connectivity index (χ3v) is 3.09. The van der Waals surface area contributed by atoms with Crippen LogP contribution in [0.4, 0.5) is 0 Å². The molecule has 0 spiro atoms. The van der Waals surface area contributed by atoms with E-state index in [1.165, 1.54) is 12.5 Å². The van der Waals surface area contributed by atoms with Crippen molar-refractivity contribution >= 4 is 21.9 Å². The normalized spacial score (nSPS) is 11.3. The summed E-state index contributed by atoms with van der Waals surface area (Å²) in [6.45, 7) is 8.24. The van der Waals surface area contributed by atoms with E-state index in [4.69, 9.17) is 4.74 Å². The van der Waals surface area contributed by atoms with Crippen molar-refractivity contribution in [3.05, 3.63) is 33.8 Å². The van der Waals surface area contributed by atoms with Crippen LogP contribution in [0.1, 0.15) is 38.8 Å². The van der Waals surface area contributed by atoms with Crippen molar-refractivity contribution in [3.63, 3.8) is 0 Å². The fourth-order valence-electron chi connectivity index (χ4n) is 1.31. The Morgan fingerprint density at radius 1 is 1.38 bits per heavy atom. The molecule has 0 bridgehead atoms. The van der Waals surface area contributed by atoms with Gasteiger partial charge >= 0.3 is 5.97 Å². The van der Waals surface area contributed by atoms with Crippen molar-refractivity contribution in [3.8, 4) is 0 Å². The summed E-state index contributed by atoms with van der Waals surface area (Å²) in [5.74, 6) is -0.258. The Morgan fingerprint density at radius 3 is 2.44 bits per heavy atom. The van der Waals surface area contributed by atoms with Gasteiger partial charge in [0.2, 0.25) is 0 Å². The van der Waals surface area contributed by atoms with E-state index in [0.29, 0.717) is 6.61 Å². The van der Waals surface area contributed by atoms with Crippen LogP contribution >= 0.6 is 15.9 Å². The molecule has 0 saturated heterocycles. The molecule has 1 aromatic carbocycles. The second kappa shape index (κ2) is 5.00. The molecule has 0 aromatic heterocycles. The number of ether oxygens (including phenoxy) is 1. The summed E-state index contributed by atoms with van der Waals surface area (Å²) in [6, 6.07) is 6.15. The van der Waals surface area contributed by atoms with Crippen molar-refractivity contribution < 1.29 is 9.53 Å². The number of hydrogen-bond donors (Lipinski definition) is 0. The van der Waals surface area contributed by atoms with Crippen LogP contribution in [0.3, 0.4) is 0 Å². The van der Waals surface area contributed by atoms with Gasteiger partial charge in [0.1, 0.15) is 6.61 Å². The number of benzene rings is 1. The van der Waals surface area contributed by atoms with Gasteiger partial charge in [-0.3, -0.25) is 4.79 Å². The van der Waals surface area contributed by atoms with Crippen LogP contribution in [0.5, 0.6) is 0 Å². The van der Waals surface area contributed by atoms with E-state index in [1.807, 2.05) is 6.07 Å². The Bertz CT molecular complexity index is 391. The van der Waals surface area contributed by atoms with Crippen LogP contribution in [0.15, 0.2) is 22.7 Å². The minimum absolute atomic E-state index is 0.127. The third kappa shape index (κ3) is 3.63. The maximum Gasteiger partial charge on any atom is 0.302 e. The molecule has 0 atom stereocenters. The molecule has 0 N–H and O–H groups in total. The van der Waals surface area contributed by atoms with Gasteiger partial charge in [-0.15, -0.1) is 0 Å². The summed E-state index contributed by atoms with van der Waals surface area (Å²) in [4.78, 5) is 10.7. The second-order valence-electron chi connectivity index (χ2n) is 4.84. The van der Waals surface area contributed by atoms with Gasteiger partial charge in [0.25, 0.3) is 0 Å². The second-order valence-corrected chi connectivity index (χ2v) is 5.69. The molecule has 3 heteroatoms. The highest BCUT2D eigenvalue weighted by molar-refractivity contribution is 9.10. The molecule has 0 fully saturated rings. The highest BCUT2D eigenvalue weighted by Crippen LogP contribution is 2.27. The van der Waals surface area contributed by atoms with E-state index in [0.717, 1.165) is 10.0 Å². The third-order valence-electron chi connectivity index (χ3n) is 2.35. The topological polar surface area (TPSA) is 26.3 Å². The lowest BCUT2D eigenvalue weighted by atomic mass is 9.87. The molecule has 0 radical (unpaired) electrons. The Morgan fingerprint density at radius 2 is 2.00 bits per heavy atom. The molecule has 0 saturated carbocycles. The summed E-state index contributed by atoms with van der Waals surface area (Å²) in [5, 5.41) is 0. The predicted octanol–water partition coefficient (Wildman–Crippen LogP) is 3.81. The number of hydrogen-bond acceptors (Lipinski definition) is 2. The van der Waals surface area contributed by atoms with Crippen molar-refractivity contribution in [2.75, 3.05) is 0 Å². The van der Waals surface area contributed by atoms with E-state index in [1.54, 1.807) is 0 Å². The van der Waals surface area contributed by atoms with Crippen LogP contribution in [0, 0.1) is 0 Å². The molecular weight excluding hydrogens is 268 g/mol. The first-order valence-corrected chi connectivity index (χ1v) is 6.02. The van der Waals surface area contributed by atoms with Gasteiger partial charge in [-0.2, -0.15) is 0 Å². The fraction of sp³-hybridized carbons (Fsp3) is 0.462. The quantitative estimate of drug-likeness (QED) is 0.772. The Balaban J connectivity index is 2.88. The van der Waals surface area contributed by atoms with Gasteiger partial charge < -0.3 is 4.74 Å². The fourth-order valence-corrected chi connectivity index (χ4v) is 1.80. The average Bonchev–Trinajstić information content (AvgIpc) is 2.14. The first-order chi connectivity index (χ1) is 7.30. The van der Waals surface area contributed by atoms with Crippen LogP contribution in [-0.2, 0) is 21.6 Å². The maximum atomic E-state index is 10.7. The Hall–Kier alpha value is -0.830. The molecule has 0 aliphatic heterocycles. The van der Waals surface area contributed by atoms with Crippen LogP contribution in [0.2, 0.25) is 0 Å². The van der Waals surface area contributed by atoms with Gasteiger partial charge in [-0.05, 0) is 17.0 Å². The summed E-state index contributed by atoms with van der Waals surface area (Å²) >= 11 is 3.50.